The van der Waals surface area contributed by atoms with Gasteiger partial charge in [-0.2, -0.15) is 4.98 Å². The van der Waals surface area contributed by atoms with Gasteiger partial charge in [-0.25, -0.2) is 4.79 Å². The fourth-order valence-corrected chi connectivity index (χ4v) is 3.38. The molecule has 1 aliphatic rings. The van der Waals surface area contributed by atoms with Crippen LogP contribution in [0.1, 0.15) is 56.9 Å². The van der Waals surface area contributed by atoms with Crippen molar-refractivity contribution in [2.24, 2.45) is 0 Å². The molecule has 2 amide bonds. The standard InChI is InChI=1S/C20H28N4O2/c1-3-13-21-20(25)24(17-7-5-4-6-8-17)14-18-22-19(23-26-18)16-11-9-15(2)10-12-16/h9-12,17H,3-8,13-14H2,1-2H3,(H,21,25). The molecule has 140 valence electrons. The first-order valence-electron chi connectivity index (χ1n) is 9.61. The first-order valence-corrected chi connectivity index (χ1v) is 9.61. The van der Waals surface area contributed by atoms with Gasteiger partial charge in [0, 0.05) is 18.2 Å². The minimum absolute atomic E-state index is 0.0335. The molecule has 1 aliphatic carbocycles. The number of carbonyl (C=O) groups is 1. The van der Waals surface area contributed by atoms with Crippen molar-refractivity contribution in [3.05, 3.63) is 35.7 Å². The molecule has 6 nitrogen and oxygen atoms in total. The van der Waals surface area contributed by atoms with E-state index in [-0.39, 0.29) is 12.1 Å². The van der Waals surface area contributed by atoms with E-state index in [1.807, 2.05) is 36.1 Å². The van der Waals surface area contributed by atoms with Crippen LogP contribution in [0.4, 0.5) is 4.79 Å². The Labute approximate surface area is 155 Å². The summed E-state index contributed by atoms with van der Waals surface area (Å²) in [7, 11) is 0. The molecule has 0 atom stereocenters. The number of benzene rings is 1. The van der Waals surface area contributed by atoms with Gasteiger partial charge < -0.3 is 14.7 Å². The third kappa shape index (κ3) is 4.62. The average Bonchev–Trinajstić information content (AvgIpc) is 3.14. The Morgan fingerprint density at radius 1 is 1.23 bits per heavy atom. The van der Waals surface area contributed by atoms with Gasteiger partial charge in [0.05, 0.1) is 0 Å². The van der Waals surface area contributed by atoms with Crippen LogP contribution >= 0.6 is 0 Å². The fourth-order valence-electron chi connectivity index (χ4n) is 3.38. The second kappa shape index (κ2) is 8.83. The lowest BCUT2D eigenvalue weighted by atomic mass is 9.94. The number of hydrogen-bond donors (Lipinski definition) is 1. The highest BCUT2D eigenvalue weighted by atomic mass is 16.5. The van der Waals surface area contributed by atoms with Crippen molar-refractivity contribution in [3.8, 4) is 11.4 Å². The largest absolute Gasteiger partial charge is 0.338 e. The average molecular weight is 356 g/mol. The van der Waals surface area contributed by atoms with Crippen molar-refractivity contribution in [2.75, 3.05) is 6.54 Å². The van der Waals surface area contributed by atoms with E-state index in [0.717, 1.165) is 24.8 Å². The van der Waals surface area contributed by atoms with Gasteiger partial charge in [-0.1, -0.05) is 61.2 Å². The predicted molar refractivity (Wildman–Crippen MR) is 101 cm³/mol. The van der Waals surface area contributed by atoms with Crippen LogP contribution in [0.5, 0.6) is 0 Å². The molecular weight excluding hydrogens is 328 g/mol. The molecular formula is C20H28N4O2. The zero-order valence-corrected chi connectivity index (χ0v) is 15.7. The van der Waals surface area contributed by atoms with Crippen LogP contribution in [0.3, 0.4) is 0 Å². The lowest BCUT2D eigenvalue weighted by Gasteiger charge is -2.33. The van der Waals surface area contributed by atoms with E-state index < -0.39 is 0 Å². The van der Waals surface area contributed by atoms with E-state index in [4.69, 9.17) is 4.52 Å². The van der Waals surface area contributed by atoms with Crippen LogP contribution in [-0.2, 0) is 6.54 Å². The van der Waals surface area contributed by atoms with Crippen LogP contribution in [0.2, 0.25) is 0 Å². The van der Waals surface area contributed by atoms with Gasteiger partial charge in [0.1, 0.15) is 6.54 Å². The summed E-state index contributed by atoms with van der Waals surface area (Å²) in [4.78, 5) is 19.0. The lowest BCUT2D eigenvalue weighted by molar-refractivity contribution is 0.141. The zero-order chi connectivity index (χ0) is 18.4. The van der Waals surface area contributed by atoms with Crippen molar-refractivity contribution >= 4 is 6.03 Å². The number of urea groups is 1. The molecule has 0 saturated heterocycles. The Morgan fingerprint density at radius 2 is 1.96 bits per heavy atom. The normalized spacial score (nSPS) is 15.0. The zero-order valence-electron chi connectivity index (χ0n) is 15.7. The quantitative estimate of drug-likeness (QED) is 0.838. The number of aryl methyl sites for hydroxylation is 1. The van der Waals surface area contributed by atoms with Crippen molar-refractivity contribution < 1.29 is 9.32 Å². The third-order valence-electron chi connectivity index (χ3n) is 4.89. The Morgan fingerprint density at radius 3 is 2.65 bits per heavy atom. The van der Waals surface area contributed by atoms with E-state index in [9.17, 15) is 4.79 Å². The highest BCUT2D eigenvalue weighted by Crippen LogP contribution is 2.24. The molecule has 1 fully saturated rings. The summed E-state index contributed by atoms with van der Waals surface area (Å²) in [5.41, 5.74) is 2.11. The molecule has 1 N–H and O–H groups in total. The van der Waals surface area contributed by atoms with Gasteiger partial charge in [-0.3, -0.25) is 0 Å². The molecule has 3 rings (SSSR count). The Bertz CT molecular complexity index is 705. The first-order chi connectivity index (χ1) is 12.7. The van der Waals surface area contributed by atoms with Crippen LogP contribution < -0.4 is 5.32 Å². The van der Waals surface area contributed by atoms with E-state index in [1.54, 1.807) is 0 Å². The monoisotopic (exact) mass is 356 g/mol. The number of amides is 2. The second-order valence-corrected chi connectivity index (χ2v) is 7.03. The minimum atomic E-state index is -0.0335. The maximum Gasteiger partial charge on any atom is 0.318 e. The number of aromatic nitrogens is 2. The van der Waals surface area contributed by atoms with E-state index in [1.165, 1.54) is 24.8 Å². The topological polar surface area (TPSA) is 71.3 Å². The number of carbonyl (C=O) groups excluding carboxylic acids is 1. The fraction of sp³-hybridized carbons (Fsp3) is 0.550. The number of hydrogen-bond acceptors (Lipinski definition) is 4. The van der Waals surface area contributed by atoms with Crippen molar-refractivity contribution in [3.63, 3.8) is 0 Å². The van der Waals surface area contributed by atoms with Crippen molar-refractivity contribution in [1.82, 2.24) is 20.4 Å². The minimum Gasteiger partial charge on any atom is -0.338 e. The Hall–Kier alpha value is -2.37. The Balaban J connectivity index is 1.73. The van der Waals surface area contributed by atoms with Crippen LogP contribution in [0.25, 0.3) is 11.4 Å². The number of nitrogens with one attached hydrogen (secondary N) is 1. The van der Waals surface area contributed by atoms with Crippen LogP contribution in [0, 0.1) is 6.92 Å². The highest BCUT2D eigenvalue weighted by molar-refractivity contribution is 5.74. The van der Waals surface area contributed by atoms with Gasteiger partial charge in [0.2, 0.25) is 11.7 Å². The smallest absolute Gasteiger partial charge is 0.318 e. The SMILES string of the molecule is CCCNC(=O)N(Cc1nc(-c2ccc(C)cc2)no1)C1CCCCC1. The molecule has 1 aromatic carbocycles. The summed E-state index contributed by atoms with van der Waals surface area (Å²) in [6.45, 7) is 5.14. The molecule has 0 spiro atoms. The molecule has 1 heterocycles. The molecule has 0 radical (unpaired) electrons. The van der Waals surface area contributed by atoms with Gasteiger partial charge in [0.15, 0.2) is 0 Å². The van der Waals surface area contributed by atoms with E-state index in [2.05, 4.69) is 22.4 Å². The lowest BCUT2D eigenvalue weighted by Crippen LogP contribution is -2.46. The molecule has 0 aliphatic heterocycles. The number of nitrogens with zero attached hydrogens (tertiary/aromatic N) is 3. The summed E-state index contributed by atoms with van der Waals surface area (Å²) in [5.74, 6) is 1.05. The van der Waals surface area contributed by atoms with Gasteiger partial charge in [0.25, 0.3) is 0 Å². The first kappa shape index (κ1) is 18.4. The predicted octanol–water partition coefficient (Wildman–Crippen LogP) is 4.30. The van der Waals surface area contributed by atoms with Gasteiger partial charge in [-0.15, -0.1) is 0 Å². The van der Waals surface area contributed by atoms with Crippen LogP contribution in [0.15, 0.2) is 28.8 Å². The molecule has 26 heavy (non-hydrogen) atoms. The molecule has 6 heteroatoms. The van der Waals surface area contributed by atoms with Crippen molar-refractivity contribution in [1.29, 1.82) is 0 Å². The molecule has 0 bridgehead atoms. The highest BCUT2D eigenvalue weighted by Gasteiger charge is 2.27. The second-order valence-electron chi connectivity index (χ2n) is 7.03. The summed E-state index contributed by atoms with van der Waals surface area (Å²) in [6.07, 6.45) is 6.58. The summed E-state index contributed by atoms with van der Waals surface area (Å²) >= 11 is 0. The van der Waals surface area contributed by atoms with E-state index >= 15 is 0 Å². The summed E-state index contributed by atoms with van der Waals surface area (Å²) < 4.78 is 5.44. The summed E-state index contributed by atoms with van der Waals surface area (Å²) in [5, 5.41) is 7.08. The molecule has 1 saturated carbocycles. The summed E-state index contributed by atoms with van der Waals surface area (Å²) in [6, 6.07) is 8.23. The van der Waals surface area contributed by atoms with Gasteiger partial charge in [-0.05, 0) is 26.2 Å². The van der Waals surface area contributed by atoms with Crippen molar-refractivity contribution in [2.45, 2.75) is 65.0 Å². The van der Waals surface area contributed by atoms with Gasteiger partial charge >= 0.3 is 6.03 Å². The Kier molecular flexibility index (Phi) is 6.26. The van der Waals surface area contributed by atoms with Crippen LogP contribution in [-0.4, -0.2) is 33.7 Å². The maximum atomic E-state index is 12.6. The van der Waals surface area contributed by atoms with E-state index in [0.29, 0.717) is 24.8 Å². The molecule has 1 aromatic heterocycles. The number of rotatable bonds is 6. The maximum absolute atomic E-state index is 12.6. The molecule has 2 aromatic rings. The third-order valence-corrected chi connectivity index (χ3v) is 4.89. The molecule has 0 unspecified atom stereocenters.